The van der Waals surface area contributed by atoms with Crippen LogP contribution in [-0.2, 0) is 9.47 Å². The Balaban J connectivity index is 1.44. The highest BCUT2D eigenvalue weighted by Crippen LogP contribution is 2.54. The lowest BCUT2D eigenvalue weighted by atomic mass is 9.84. The zero-order chi connectivity index (χ0) is 21.5. The highest BCUT2D eigenvalue weighted by atomic mass is 16.7. The summed E-state index contributed by atoms with van der Waals surface area (Å²) in [5.74, 6) is 4.16. The molecule has 2 aromatic rings. The lowest BCUT2D eigenvalue weighted by molar-refractivity contribution is 0.0190. The zero-order valence-electron chi connectivity index (χ0n) is 18.0. The van der Waals surface area contributed by atoms with Crippen molar-refractivity contribution in [2.24, 2.45) is 11.8 Å². The Labute approximate surface area is 180 Å². The fourth-order valence-electron chi connectivity index (χ4n) is 4.81. The van der Waals surface area contributed by atoms with Gasteiger partial charge in [-0.05, 0) is 35.4 Å². The molecule has 3 aliphatic heterocycles. The van der Waals surface area contributed by atoms with Crippen LogP contribution in [0.2, 0.25) is 0 Å². The van der Waals surface area contributed by atoms with E-state index in [0.29, 0.717) is 47.7 Å². The van der Waals surface area contributed by atoms with Gasteiger partial charge in [-0.2, -0.15) is 0 Å². The first-order valence-corrected chi connectivity index (χ1v) is 10.2. The largest absolute Gasteiger partial charge is 0.493 e. The Morgan fingerprint density at radius 1 is 0.677 bits per heavy atom. The molecule has 8 nitrogen and oxygen atoms in total. The summed E-state index contributed by atoms with van der Waals surface area (Å²) in [4.78, 5) is 0. The van der Waals surface area contributed by atoms with Crippen LogP contribution >= 0.6 is 0 Å². The highest BCUT2D eigenvalue weighted by Gasteiger charge is 2.48. The lowest BCUT2D eigenvalue weighted by Gasteiger charge is -2.20. The second kappa shape index (κ2) is 8.01. The number of ether oxygens (including phenoxy) is 8. The Hall–Kier alpha value is -2.84. The van der Waals surface area contributed by atoms with E-state index in [-0.39, 0.29) is 30.8 Å². The van der Waals surface area contributed by atoms with Crippen LogP contribution in [0.4, 0.5) is 0 Å². The Bertz CT molecular complexity index is 949. The highest BCUT2D eigenvalue weighted by molar-refractivity contribution is 5.56. The second-order valence-corrected chi connectivity index (χ2v) is 7.75. The first kappa shape index (κ1) is 20.1. The van der Waals surface area contributed by atoms with E-state index in [1.54, 1.807) is 28.4 Å². The molecule has 0 amide bonds. The van der Waals surface area contributed by atoms with Gasteiger partial charge in [0, 0.05) is 11.8 Å². The number of rotatable bonds is 6. The number of hydrogen-bond acceptors (Lipinski definition) is 8. The Morgan fingerprint density at radius 3 is 1.77 bits per heavy atom. The van der Waals surface area contributed by atoms with Gasteiger partial charge in [-0.25, -0.2) is 0 Å². The summed E-state index contributed by atoms with van der Waals surface area (Å²) in [6.45, 7) is 1.37. The maximum absolute atomic E-state index is 6.26. The lowest BCUT2D eigenvalue weighted by Crippen LogP contribution is -2.15. The molecule has 0 unspecified atom stereocenters. The van der Waals surface area contributed by atoms with Crippen LogP contribution in [-0.4, -0.2) is 48.4 Å². The molecule has 3 aliphatic rings. The van der Waals surface area contributed by atoms with E-state index in [1.807, 2.05) is 24.3 Å². The van der Waals surface area contributed by atoms with Crippen LogP contribution in [0.1, 0.15) is 23.3 Å². The summed E-state index contributed by atoms with van der Waals surface area (Å²) in [5, 5.41) is 0. The molecular weight excluding hydrogens is 404 g/mol. The van der Waals surface area contributed by atoms with E-state index >= 15 is 0 Å². The standard InChI is InChI=1S/C23H26O8/c1-24-16-5-12(6-17(25-2)22(16)27-4)20-14-9-29-21(15(14)10-28-20)13-7-18(26-3)23-19(8-13)30-11-31-23/h5-8,14-15,20-21H,9-11H2,1-4H3/t14-,15+,20+,21+/m1/s1. The van der Waals surface area contributed by atoms with Gasteiger partial charge in [0.2, 0.25) is 18.3 Å². The van der Waals surface area contributed by atoms with Crippen LogP contribution in [0, 0.1) is 11.8 Å². The van der Waals surface area contributed by atoms with Gasteiger partial charge in [0.05, 0.1) is 53.9 Å². The topological polar surface area (TPSA) is 73.8 Å². The van der Waals surface area contributed by atoms with Gasteiger partial charge in [0.25, 0.3) is 0 Å². The molecule has 5 rings (SSSR count). The molecule has 0 aromatic heterocycles. The molecular formula is C23H26O8. The smallest absolute Gasteiger partial charge is 0.231 e. The van der Waals surface area contributed by atoms with Crippen molar-refractivity contribution in [3.63, 3.8) is 0 Å². The second-order valence-electron chi connectivity index (χ2n) is 7.75. The van der Waals surface area contributed by atoms with Crippen LogP contribution in [0.5, 0.6) is 34.5 Å². The summed E-state index contributed by atoms with van der Waals surface area (Å²) >= 11 is 0. The minimum Gasteiger partial charge on any atom is -0.493 e. The van der Waals surface area contributed by atoms with Crippen molar-refractivity contribution in [1.82, 2.24) is 0 Å². The predicted octanol–water partition coefficient (Wildman–Crippen LogP) is 3.52. The molecule has 3 heterocycles. The molecule has 0 radical (unpaired) electrons. The molecule has 2 saturated heterocycles. The normalized spacial score (nSPS) is 25.9. The summed E-state index contributed by atoms with van der Waals surface area (Å²) in [6.07, 6.45) is -0.236. The van der Waals surface area contributed by atoms with Crippen molar-refractivity contribution in [3.8, 4) is 34.5 Å². The third-order valence-corrected chi connectivity index (χ3v) is 6.29. The third kappa shape index (κ3) is 3.21. The Morgan fingerprint density at radius 2 is 1.23 bits per heavy atom. The van der Waals surface area contributed by atoms with Crippen LogP contribution < -0.4 is 28.4 Å². The molecule has 0 aliphatic carbocycles. The number of hydrogen-bond donors (Lipinski definition) is 0. The van der Waals surface area contributed by atoms with Gasteiger partial charge < -0.3 is 37.9 Å². The van der Waals surface area contributed by atoms with E-state index < -0.39 is 0 Å². The Kier molecular flexibility index (Phi) is 5.19. The molecule has 4 atom stereocenters. The fraction of sp³-hybridized carbons (Fsp3) is 0.478. The van der Waals surface area contributed by atoms with E-state index in [1.165, 1.54) is 0 Å². The average Bonchev–Trinajstić information content (AvgIpc) is 3.53. The molecule has 2 fully saturated rings. The fourth-order valence-corrected chi connectivity index (χ4v) is 4.81. The molecule has 0 bridgehead atoms. The van der Waals surface area contributed by atoms with Crippen LogP contribution in [0.15, 0.2) is 24.3 Å². The van der Waals surface area contributed by atoms with E-state index in [2.05, 4.69) is 0 Å². The molecule has 2 aromatic carbocycles. The average molecular weight is 430 g/mol. The molecule has 0 N–H and O–H groups in total. The minimum atomic E-state index is -0.125. The van der Waals surface area contributed by atoms with Gasteiger partial charge in [0.1, 0.15) is 0 Å². The number of benzene rings is 2. The number of fused-ring (bicyclic) bond motifs is 2. The molecule has 31 heavy (non-hydrogen) atoms. The molecule has 166 valence electrons. The quantitative estimate of drug-likeness (QED) is 0.689. The van der Waals surface area contributed by atoms with Crippen molar-refractivity contribution in [3.05, 3.63) is 35.4 Å². The first-order chi connectivity index (χ1) is 15.2. The van der Waals surface area contributed by atoms with Crippen molar-refractivity contribution in [2.45, 2.75) is 12.2 Å². The zero-order valence-corrected chi connectivity index (χ0v) is 18.0. The molecule has 0 spiro atoms. The van der Waals surface area contributed by atoms with Gasteiger partial charge in [-0.3, -0.25) is 0 Å². The maximum Gasteiger partial charge on any atom is 0.231 e. The van der Waals surface area contributed by atoms with Crippen LogP contribution in [0.3, 0.4) is 0 Å². The third-order valence-electron chi connectivity index (χ3n) is 6.29. The minimum absolute atomic E-state index is 0.111. The van der Waals surface area contributed by atoms with Crippen molar-refractivity contribution < 1.29 is 37.9 Å². The van der Waals surface area contributed by atoms with Gasteiger partial charge in [0.15, 0.2) is 23.0 Å². The van der Waals surface area contributed by atoms with E-state index in [4.69, 9.17) is 37.9 Å². The molecule has 8 heteroatoms. The van der Waals surface area contributed by atoms with Crippen molar-refractivity contribution >= 4 is 0 Å². The van der Waals surface area contributed by atoms with Crippen LogP contribution in [0.25, 0.3) is 0 Å². The summed E-state index contributed by atoms with van der Waals surface area (Å²) in [5.41, 5.74) is 1.98. The SMILES string of the molecule is COc1cc([C@@H]2OC[C@H]3[C@H]2CO[C@H]3c2cc(OC)c3c(c2)OCO3)cc(OC)c1OC. The number of methoxy groups -OCH3 is 4. The van der Waals surface area contributed by atoms with Gasteiger partial charge in [-0.15, -0.1) is 0 Å². The predicted molar refractivity (Wildman–Crippen MR) is 110 cm³/mol. The van der Waals surface area contributed by atoms with Crippen molar-refractivity contribution in [1.29, 1.82) is 0 Å². The van der Waals surface area contributed by atoms with Gasteiger partial charge in [-0.1, -0.05) is 0 Å². The summed E-state index contributed by atoms with van der Waals surface area (Å²) in [7, 11) is 6.44. The summed E-state index contributed by atoms with van der Waals surface area (Å²) in [6, 6.07) is 7.84. The van der Waals surface area contributed by atoms with E-state index in [9.17, 15) is 0 Å². The molecule has 0 saturated carbocycles. The first-order valence-electron chi connectivity index (χ1n) is 10.2. The van der Waals surface area contributed by atoms with Crippen molar-refractivity contribution in [2.75, 3.05) is 48.4 Å². The maximum atomic E-state index is 6.26. The summed E-state index contributed by atoms with van der Waals surface area (Å²) < 4.78 is 45.6. The monoisotopic (exact) mass is 430 g/mol. The van der Waals surface area contributed by atoms with E-state index in [0.717, 1.165) is 11.1 Å². The van der Waals surface area contributed by atoms with Gasteiger partial charge >= 0.3 is 0 Å².